The van der Waals surface area contributed by atoms with Crippen LogP contribution in [-0.2, 0) is 11.2 Å². The zero-order chi connectivity index (χ0) is 20.2. The van der Waals surface area contributed by atoms with E-state index in [2.05, 4.69) is 19.9 Å². The van der Waals surface area contributed by atoms with Crippen LogP contribution in [0.4, 0.5) is 5.69 Å². The third-order valence-corrected chi connectivity index (χ3v) is 4.76. The van der Waals surface area contributed by atoms with Crippen molar-refractivity contribution in [3.05, 3.63) is 70.3 Å². The van der Waals surface area contributed by atoms with Gasteiger partial charge < -0.3 is 19.7 Å². The first-order chi connectivity index (χ1) is 14.1. The Bertz CT molecular complexity index is 1080. The van der Waals surface area contributed by atoms with Crippen molar-refractivity contribution < 1.29 is 14.6 Å². The maximum atomic E-state index is 13.0. The first kappa shape index (κ1) is 18.8. The fourth-order valence-electron chi connectivity index (χ4n) is 3.32. The van der Waals surface area contributed by atoms with Crippen molar-refractivity contribution in [2.45, 2.75) is 6.42 Å². The highest BCUT2D eigenvalue weighted by molar-refractivity contribution is 5.99. The summed E-state index contributed by atoms with van der Waals surface area (Å²) in [5, 5.41) is 10.2. The zero-order valence-corrected chi connectivity index (χ0v) is 15.7. The lowest BCUT2D eigenvalue weighted by atomic mass is 10.0. The van der Waals surface area contributed by atoms with Crippen LogP contribution in [0, 0.1) is 0 Å². The molecule has 3 aromatic rings. The summed E-state index contributed by atoms with van der Waals surface area (Å²) in [6.45, 7) is 2.74. The molecule has 3 heterocycles. The number of para-hydroxylation sites is 1. The van der Waals surface area contributed by atoms with E-state index < -0.39 is 17.1 Å². The van der Waals surface area contributed by atoms with Crippen LogP contribution in [0.15, 0.2) is 53.5 Å². The number of benzene rings is 1. The summed E-state index contributed by atoms with van der Waals surface area (Å²) in [6, 6.07) is 12.7. The summed E-state index contributed by atoms with van der Waals surface area (Å²) in [5.74, 6) is -0.983. The summed E-state index contributed by atoms with van der Waals surface area (Å²) < 4.78 is 5.40. The van der Waals surface area contributed by atoms with Gasteiger partial charge in [0.1, 0.15) is 5.69 Å². The molecule has 8 heteroatoms. The number of ether oxygens (including phenoxy) is 1. The number of aromatic amines is 1. The first-order valence-corrected chi connectivity index (χ1v) is 9.32. The van der Waals surface area contributed by atoms with Crippen LogP contribution in [0.3, 0.4) is 0 Å². The predicted octanol–water partition coefficient (Wildman–Crippen LogP) is 1.80. The van der Waals surface area contributed by atoms with Gasteiger partial charge in [-0.25, -0.2) is 4.98 Å². The van der Waals surface area contributed by atoms with Crippen molar-refractivity contribution in [2.24, 2.45) is 0 Å². The molecular weight excluding hydrogens is 372 g/mol. The number of ketones is 1. The fraction of sp³-hybridized carbons (Fsp3) is 0.238. The van der Waals surface area contributed by atoms with E-state index in [4.69, 9.17) is 4.74 Å². The Morgan fingerprint density at radius 3 is 2.66 bits per heavy atom. The average Bonchev–Trinajstić information content (AvgIpc) is 2.77. The van der Waals surface area contributed by atoms with Gasteiger partial charge in [-0.15, -0.1) is 0 Å². The number of nitrogens with one attached hydrogen (secondary N) is 1. The SMILES string of the molecule is O=C(Cc1ccccc1N1CCOCC1)c1nc(-c2ccccn2)[nH]c(=O)c1O. The van der Waals surface area contributed by atoms with Crippen molar-refractivity contribution in [1.82, 2.24) is 15.0 Å². The molecule has 1 aromatic carbocycles. The third kappa shape index (κ3) is 4.02. The number of hydrogen-bond acceptors (Lipinski definition) is 7. The molecule has 148 valence electrons. The Morgan fingerprint density at radius 2 is 1.90 bits per heavy atom. The topological polar surface area (TPSA) is 108 Å². The van der Waals surface area contributed by atoms with Crippen molar-refractivity contribution in [3.63, 3.8) is 0 Å². The molecule has 29 heavy (non-hydrogen) atoms. The highest BCUT2D eigenvalue weighted by Gasteiger charge is 2.22. The van der Waals surface area contributed by atoms with Crippen LogP contribution >= 0.6 is 0 Å². The van der Waals surface area contributed by atoms with E-state index in [1.54, 1.807) is 24.4 Å². The number of H-pyrrole nitrogens is 1. The standard InChI is InChI=1S/C21H20N4O4/c26-17(13-14-5-1-2-7-16(14)25-9-11-29-12-10-25)18-19(27)21(28)24-20(23-18)15-6-3-4-8-22-15/h1-8,27H,9-13H2,(H,23,24,28). The van der Waals surface area contributed by atoms with Gasteiger partial charge >= 0.3 is 0 Å². The van der Waals surface area contributed by atoms with Crippen molar-refractivity contribution in [2.75, 3.05) is 31.2 Å². The summed E-state index contributed by atoms with van der Waals surface area (Å²) in [5.41, 5.74) is 1.13. The van der Waals surface area contributed by atoms with Gasteiger partial charge in [0.25, 0.3) is 5.56 Å². The predicted molar refractivity (Wildman–Crippen MR) is 107 cm³/mol. The molecule has 0 aliphatic carbocycles. The summed E-state index contributed by atoms with van der Waals surface area (Å²) in [4.78, 5) is 38.1. The molecule has 8 nitrogen and oxygen atoms in total. The van der Waals surface area contributed by atoms with Crippen LogP contribution in [0.1, 0.15) is 16.1 Å². The number of carbonyl (C=O) groups excluding carboxylic acids is 1. The minimum absolute atomic E-state index is 0.0131. The van der Waals surface area contributed by atoms with Gasteiger partial charge in [0.15, 0.2) is 17.3 Å². The number of aromatic hydroxyl groups is 1. The number of carbonyl (C=O) groups is 1. The number of anilines is 1. The second kappa shape index (κ2) is 8.24. The van der Waals surface area contributed by atoms with E-state index in [-0.39, 0.29) is 17.9 Å². The number of nitrogens with zero attached hydrogens (tertiary/aromatic N) is 3. The largest absolute Gasteiger partial charge is 0.501 e. The number of hydrogen-bond donors (Lipinski definition) is 2. The Balaban J connectivity index is 1.66. The first-order valence-electron chi connectivity index (χ1n) is 9.32. The maximum absolute atomic E-state index is 13.0. The molecule has 1 aliphatic rings. The van der Waals surface area contributed by atoms with Crippen LogP contribution in [-0.4, -0.2) is 52.1 Å². The van der Waals surface area contributed by atoms with E-state index in [1.165, 1.54) is 0 Å². The Morgan fingerprint density at radius 1 is 1.14 bits per heavy atom. The molecule has 0 atom stereocenters. The fourth-order valence-corrected chi connectivity index (χ4v) is 3.32. The van der Waals surface area contributed by atoms with Crippen molar-refractivity contribution in [3.8, 4) is 17.3 Å². The second-order valence-electron chi connectivity index (χ2n) is 6.65. The van der Waals surface area contributed by atoms with E-state index in [1.807, 2.05) is 24.3 Å². The number of Topliss-reactive ketones (excluding diaryl/α,β-unsaturated/α-hetero) is 1. The van der Waals surface area contributed by atoms with E-state index in [0.717, 1.165) is 24.3 Å². The highest BCUT2D eigenvalue weighted by atomic mass is 16.5. The van der Waals surface area contributed by atoms with Gasteiger partial charge in [0.2, 0.25) is 5.75 Å². The van der Waals surface area contributed by atoms with E-state index >= 15 is 0 Å². The van der Waals surface area contributed by atoms with Crippen LogP contribution in [0.25, 0.3) is 11.5 Å². The number of pyridine rings is 1. The molecule has 1 aliphatic heterocycles. The number of rotatable bonds is 5. The molecule has 1 fully saturated rings. The second-order valence-corrected chi connectivity index (χ2v) is 6.65. The number of morpholine rings is 1. The summed E-state index contributed by atoms with van der Waals surface area (Å²) in [6.07, 6.45) is 1.57. The molecule has 0 amide bonds. The molecule has 0 radical (unpaired) electrons. The lowest BCUT2D eigenvalue weighted by Gasteiger charge is -2.30. The molecule has 4 rings (SSSR count). The Kier molecular flexibility index (Phi) is 5.35. The summed E-state index contributed by atoms with van der Waals surface area (Å²) >= 11 is 0. The lowest BCUT2D eigenvalue weighted by molar-refractivity contribution is 0.0985. The lowest BCUT2D eigenvalue weighted by Crippen LogP contribution is -2.36. The normalized spacial score (nSPS) is 14.0. The van der Waals surface area contributed by atoms with Crippen molar-refractivity contribution in [1.29, 1.82) is 0 Å². The summed E-state index contributed by atoms with van der Waals surface area (Å²) in [7, 11) is 0. The molecule has 0 saturated carbocycles. The molecule has 0 unspecified atom stereocenters. The smallest absolute Gasteiger partial charge is 0.294 e. The minimum Gasteiger partial charge on any atom is -0.501 e. The highest BCUT2D eigenvalue weighted by Crippen LogP contribution is 2.24. The van der Waals surface area contributed by atoms with Gasteiger partial charge in [0, 0.05) is 31.4 Å². The minimum atomic E-state index is -0.773. The van der Waals surface area contributed by atoms with Gasteiger partial charge in [-0.3, -0.25) is 14.6 Å². The van der Waals surface area contributed by atoms with Crippen LogP contribution in [0.2, 0.25) is 0 Å². The van der Waals surface area contributed by atoms with Crippen LogP contribution in [0.5, 0.6) is 5.75 Å². The Hall–Kier alpha value is -3.52. The van der Waals surface area contributed by atoms with Gasteiger partial charge in [-0.05, 0) is 23.8 Å². The monoisotopic (exact) mass is 392 g/mol. The van der Waals surface area contributed by atoms with Crippen LogP contribution < -0.4 is 10.5 Å². The third-order valence-electron chi connectivity index (χ3n) is 4.76. The van der Waals surface area contributed by atoms with Gasteiger partial charge in [0.05, 0.1) is 13.2 Å². The van der Waals surface area contributed by atoms with E-state index in [9.17, 15) is 14.7 Å². The molecular formula is C21H20N4O4. The van der Waals surface area contributed by atoms with Gasteiger partial charge in [-0.1, -0.05) is 24.3 Å². The Labute approximate surface area is 166 Å². The molecule has 1 saturated heterocycles. The molecule has 0 spiro atoms. The quantitative estimate of drug-likeness (QED) is 0.637. The van der Waals surface area contributed by atoms with Crippen molar-refractivity contribution >= 4 is 11.5 Å². The zero-order valence-electron chi connectivity index (χ0n) is 15.7. The maximum Gasteiger partial charge on any atom is 0.294 e. The molecule has 2 aromatic heterocycles. The van der Waals surface area contributed by atoms with Gasteiger partial charge in [-0.2, -0.15) is 0 Å². The van der Waals surface area contributed by atoms with E-state index in [0.29, 0.717) is 18.9 Å². The average molecular weight is 392 g/mol. The molecule has 2 N–H and O–H groups in total. The number of aromatic nitrogens is 3. The molecule has 0 bridgehead atoms.